The molecule has 0 aliphatic heterocycles. The fraction of sp³-hybridized carbons (Fsp3) is 0.364. The molecule has 6 heteroatoms. The first kappa shape index (κ1) is 13.1. The van der Waals surface area contributed by atoms with E-state index in [0.717, 1.165) is 0 Å². The summed E-state index contributed by atoms with van der Waals surface area (Å²) in [6, 6.07) is 1.48. The standard InChI is InChI=1S/C11H14O6/c1-13-9-5-8(17-16-4)7(6-12)10(14-2)11(9)15-3/h5-6H,1-4H3. The highest BCUT2D eigenvalue weighted by atomic mass is 17.2. The number of ether oxygens (including phenoxy) is 3. The number of methoxy groups -OCH3 is 3. The predicted octanol–water partition coefficient (Wildman–Crippen LogP) is 1.47. The molecule has 0 atom stereocenters. The molecule has 0 amide bonds. The van der Waals surface area contributed by atoms with Gasteiger partial charge in [0.05, 0.1) is 28.4 Å². The molecule has 0 radical (unpaired) electrons. The van der Waals surface area contributed by atoms with Crippen molar-refractivity contribution >= 4 is 6.29 Å². The fourth-order valence-corrected chi connectivity index (χ4v) is 1.43. The molecule has 6 nitrogen and oxygen atoms in total. The van der Waals surface area contributed by atoms with E-state index >= 15 is 0 Å². The maximum Gasteiger partial charge on any atom is 0.204 e. The van der Waals surface area contributed by atoms with Crippen LogP contribution in [-0.4, -0.2) is 34.7 Å². The molecule has 0 spiro atoms. The molecular weight excluding hydrogens is 228 g/mol. The minimum atomic E-state index is 0.187. The van der Waals surface area contributed by atoms with Gasteiger partial charge < -0.3 is 19.1 Å². The number of carbonyl (C=O) groups excluding carboxylic acids is 1. The van der Waals surface area contributed by atoms with Crippen LogP contribution >= 0.6 is 0 Å². The summed E-state index contributed by atoms with van der Waals surface area (Å²) >= 11 is 0. The molecule has 1 aromatic carbocycles. The summed E-state index contributed by atoms with van der Waals surface area (Å²) in [6.07, 6.45) is 0.592. The van der Waals surface area contributed by atoms with Crippen molar-refractivity contribution in [2.24, 2.45) is 0 Å². The van der Waals surface area contributed by atoms with Crippen LogP contribution < -0.4 is 19.1 Å². The van der Waals surface area contributed by atoms with E-state index in [9.17, 15) is 4.79 Å². The molecule has 0 saturated heterocycles. The van der Waals surface area contributed by atoms with Crippen molar-refractivity contribution in [1.29, 1.82) is 0 Å². The highest BCUT2D eigenvalue weighted by molar-refractivity contribution is 5.87. The van der Waals surface area contributed by atoms with Crippen molar-refractivity contribution in [3.8, 4) is 23.0 Å². The Labute approximate surface area is 98.9 Å². The number of rotatable bonds is 6. The summed E-state index contributed by atoms with van der Waals surface area (Å²) in [5, 5.41) is 0. The third-order valence-corrected chi connectivity index (χ3v) is 2.12. The van der Waals surface area contributed by atoms with Gasteiger partial charge in [-0.2, -0.15) is 4.89 Å². The maximum absolute atomic E-state index is 11.0. The summed E-state index contributed by atoms with van der Waals surface area (Å²) in [6.45, 7) is 0. The quantitative estimate of drug-likeness (QED) is 0.427. The zero-order chi connectivity index (χ0) is 12.8. The Morgan fingerprint density at radius 3 is 2.00 bits per heavy atom. The normalized spacial score (nSPS) is 9.65. The van der Waals surface area contributed by atoms with Crippen molar-refractivity contribution in [2.75, 3.05) is 28.4 Å². The number of benzene rings is 1. The van der Waals surface area contributed by atoms with Crippen LogP contribution in [0.15, 0.2) is 6.07 Å². The molecule has 1 rings (SSSR count). The number of hydrogen-bond donors (Lipinski definition) is 0. The predicted molar refractivity (Wildman–Crippen MR) is 59.1 cm³/mol. The number of aldehydes is 1. The van der Waals surface area contributed by atoms with Gasteiger partial charge in [-0.25, -0.2) is 0 Å². The van der Waals surface area contributed by atoms with Gasteiger partial charge in [0.25, 0.3) is 0 Å². The highest BCUT2D eigenvalue weighted by Gasteiger charge is 2.21. The van der Waals surface area contributed by atoms with Crippen LogP contribution in [0.3, 0.4) is 0 Å². The Kier molecular flexibility index (Phi) is 4.59. The molecule has 0 heterocycles. The maximum atomic E-state index is 11.0. The molecule has 0 aromatic heterocycles. The number of carbonyl (C=O) groups is 1. The van der Waals surface area contributed by atoms with E-state index in [-0.39, 0.29) is 17.1 Å². The second-order valence-electron chi connectivity index (χ2n) is 2.92. The molecule has 94 valence electrons. The van der Waals surface area contributed by atoms with E-state index in [2.05, 4.69) is 4.89 Å². The molecule has 1 aromatic rings. The summed E-state index contributed by atoms with van der Waals surface area (Å²) < 4.78 is 15.4. The lowest BCUT2D eigenvalue weighted by atomic mass is 10.1. The van der Waals surface area contributed by atoms with Gasteiger partial charge >= 0.3 is 0 Å². The van der Waals surface area contributed by atoms with Crippen LogP contribution in [-0.2, 0) is 4.89 Å². The molecule has 0 fully saturated rings. The van der Waals surface area contributed by atoms with Crippen molar-refractivity contribution in [3.63, 3.8) is 0 Å². The van der Waals surface area contributed by atoms with E-state index in [1.165, 1.54) is 34.5 Å². The fourth-order valence-electron chi connectivity index (χ4n) is 1.43. The van der Waals surface area contributed by atoms with Crippen LogP contribution in [0, 0.1) is 0 Å². The third kappa shape index (κ3) is 2.42. The molecule has 0 N–H and O–H groups in total. The molecule has 17 heavy (non-hydrogen) atoms. The summed E-state index contributed by atoms with van der Waals surface area (Å²) in [4.78, 5) is 20.4. The lowest BCUT2D eigenvalue weighted by Gasteiger charge is -2.15. The SMILES string of the molecule is COOc1cc(OC)c(OC)c(OC)c1C=O. The minimum Gasteiger partial charge on any atom is -0.493 e. The molecule has 0 aliphatic carbocycles. The van der Waals surface area contributed by atoms with Crippen molar-refractivity contribution in [1.82, 2.24) is 0 Å². The lowest BCUT2D eigenvalue weighted by molar-refractivity contribution is -0.178. The second kappa shape index (κ2) is 5.95. The number of hydrogen-bond acceptors (Lipinski definition) is 6. The average Bonchev–Trinajstić information content (AvgIpc) is 2.37. The molecule has 0 bridgehead atoms. The Hall–Kier alpha value is -1.95. The van der Waals surface area contributed by atoms with Gasteiger partial charge in [-0.05, 0) is 0 Å². The monoisotopic (exact) mass is 242 g/mol. The summed E-state index contributed by atoms with van der Waals surface area (Å²) in [5.41, 5.74) is 0.187. The van der Waals surface area contributed by atoms with Crippen LogP contribution in [0.4, 0.5) is 0 Å². The van der Waals surface area contributed by atoms with Crippen molar-refractivity contribution < 1.29 is 28.8 Å². The van der Waals surface area contributed by atoms with Gasteiger partial charge in [-0.3, -0.25) is 4.79 Å². The topological polar surface area (TPSA) is 63.2 Å². The van der Waals surface area contributed by atoms with Gasteiger partial charge in [0, 0.05) is 6.07 Å². The van der Waals surface area contributed by atoms with E-state index in [1.807, 2.05) is 0 Å². The summed E-state index contributed by atoms with van der Waals surface area (Å²) in [7, 11) is 5.67. The van der Waals surface area contributed by atoms with Crippen LogP contribution in [0.1, 0.15) is 10.4 Å². The van der Waals surface area contributed by atoms with Crippen LogP contribution in [0.2, 0.25) is 0 Å². The summed E-state index contributed by atoms with van der Waals surface area (Å²) in [5.74, 6) is 1.12. The van der Waals surface area contributed by atoms with Crippen molar-refractivity contribution in [2.45, 2.75) is 0 Å². The Bertz CT molecular complexity index is 401. The minimum absolute atomic E-state index is 0.187. The largest absolute Gasteiger partial charge is 0.493 e. The first-order valence-electron chi connectivity index (χ1n) is 4.72. The van der Waals surface area contributed by atoms with E-state index in [1.54, 1.807) is 0 Å². The average molecular weight is 242 g/mol. The van der Waals surface area contributed by atoms with Crippen molar-refractivity contribution in [3.05, 3.63) is 11.6 Å². The third-order valence-electron chi connectivity index (χ3n) is 2.12. The van der Waals surface area contributed by atoms with E-state index < -0.39 is 0 Å². The highest BCUT2D eigenvalue weighted by Crippen LogP contribution is 2.44. The zero-order valence-electron chi connectivity index (χ0n) is 10.1. The van der Waals surface area contributed by atoms with Gasteiger partial charge in [0.1, 0.15) is 5.56 Å². The molecule has 0 aliphatic rings. The molecule has 0 unspecified atom stereocenters. The van der Waals surface area contributed by atoms with Crippen LogP contribution in [0.25, 0.3) is 0 Å². The molecule has 0 saturated carbocycles. The van der Waals surface area contributed by atoms with E-state index in [4.69, 9.17) is 19.1 Å². The first-order chi connectivity index (χ1) is 8.23. The lowest BCUT2D eigenvalue weighted by Crippen LogP contribution is -2.02. The Balaban J connectivity index is 3.48. The van der Waals surface area contributed by atoms with Gasteiger partial charge in [0.2, 0.25) is 5.75 Å². The first-order valence-corrected chi connectivity index (χ1v) is 4.72. The Morgan fingerprint density at radius 2 is 1.59 bits per heavy atom. The van der Waals surface area contributed by atoms with Gasteiger partial charge in [-0.1, -0.05) is 0 Å². The molecular formula is C11H14O6. The van der Waals surface area contributed by atoms with E-state index in [0.29, 0.717) is 17.8 Å². The van der Waals surface area contributed by atoms with Gasteiger partial charge in [-0.15, -0.1) is 0 Å². The zero-order valence-corrected chi connectivity index (χ0v) is 10.1. The van der Waals surface area contributed by atoms with Crippen LogP contribution in [0.5, 0.6) is 23.0 Å². The Morgan fingerprint density at radius 1 is 0.941 bits per heavy atom. The smallest absolute Gasteiger partial charge is 0.204 e. The van der Waals surface area contributed by atoms with Gasteiger partial charge in [0.15, 0.2) is 23.5 Å². The second-order valence-corrected chi connectivity index (χ2v) is 2.92.